The summed E-state index contributed by atoms with van der Waals surface area (Å²) in [6.07, 6.45) is 1.48. The van der Waals surface area contributed by atoms with Gasteiger partial charge in [-0.1, -0.05) is 29.5 Å². The van der Waals surface area contributed by atoms with Crippen LogP contribution in [0.1, 0.15) is 12.6 Å². The third-order valence-electron chi connectivity index (χ3n) is 5.88. The van der Waals surface area contributed by atoms with Crippen LogP contribution in [0.25, 0.3) is 10.8 Å². The topological polar surface area (TPSA) is 159 Å². The quantitative estimate of drug-likeness (QED) is 0.136. The van der Waals surface area contributed by atoms with E-state index in [9.17, 15) is 23.1 Å². The Bertz CT molecular complexity index is 1660. The molecule has 0 saturated heterocycles. The van der Waals surface area contributed by atoms with Crippen molar-refractivity contribution in [1.82, 2.24) is 19.7 Å². The van der Waals surface area contributed by atoms with Crippen molar-refractivity contribution in [2.75, 3.05) is 31.8 Å². The molecule has 40 heavy (non-hydrogen) atoms. The molecule has 1 aromatic heterocycles. The molecule has 3 aromatic carbocycles. The number of nitrogens with zero attached hydrogens (tertiary/aromatic N) is 5. The van der Waals surface area contributed by atoms with Gasteiger partial charge < -0.3 is 13.9 Å². The highest BCUT2D eigenvalue weighted by Crippen LogP contribution is 2.48. The number of non-ortho nitro benzene ring substituents is 1. The number of benzene rings is 3. The van der Waals surface area contributed by atoms with Crippen molar-refractivity contribution >= 4 is 39.8 Å². The van der Waals surface area contributed by atoms with Crippen molar-refractivity contribution in [1.29, 1.82) is 0 Å². The van der Waals surface area contributed by atoms with E-state index in [1.807, 2.05) is 37.2 Å². The van der Waals surface area contributed by atoms with Gasteiger partial charge in [0.25, 0.3) is 5.69 Å². The molecular weight excluding hydrogens is 559 g/mol. The lowest BCUT2D eigenvalue weighted by Gasteiger charge is -2.18. The Kier molecular flexibility index (Phi) is 8.84. The molecule has 0 radical (unpaired) electrons. The number of fused-ring (bicyclic) bond motifs is 1. The minimum Gasteiger partial charge on any atom is -0.424 e. The van der Waals surface area contributed by atoms with E-state index in [1.54, 1.807) is 25.1 Å². The lowest BCUT2D eigenvalue weighted by atomic mass is 10.1. The fraction of sp³-hybridized carbons (Fsp3) is 0.280. The van der Waals surface area contributed by atoms with Crippen LogP contribution in [0.15, 0.2) is 71.8 Å². The second kappa shape index (κ2) is 12.1. The second-order valence-electron chi connectivity index (χ2n) is 8.91. The SMILES string of the molecule is CCOP(=O)(CCn1cc(CNS(=O)(=O)c2cccc3c(N(C)C)cccc23)nn1)Oc1ccc([N+](=O)[O-])cc1. The average molecular weight is 589 g/mol. The zero-order chi connectivity index (χ0) is 28.9. The van der Waals surface area contributed by atoms with Crippen molar-refractivity contribution in [2.24, 2.45) is 0 Å². The maximum absolute atomic E-state index is 13.2. The van der Waals surface area contributed by atoms with Gasteiger partial charge >= 0.3 is 7.60 Å². The van der Waals surface area contributed by atoms with E-state index < -0.39 is 22.5 Å². The zero-order valence-electron chi connectivity index (χ0n) is 22.1. The van der Waals surface area contributed by atoms with E-state index >= 15 is 0 Å². The molecule has 0 aliphatic carbocycles. The van der Waals surface area contributed by atoms with Crippen LogP contribution >= 0.6 is 7.60 Å². The number of sulfonamides is 1. The number of rotatable bonds is 13. The van der Waals surface area contributed by atoms with Gasteiger partial charge in [-0.05, 0) is 31.2 Å². The number of aromatic nitrogens is 3. The van der Waals surface area contributed by atoms with E-state index in [4.69, 9.17) is 9.05 Å². The Morgan fingerprint density at radius 3 is 2.45 bits per heavy atom. The van der Waals surface area contributed by atoms with Crippen molar-refractivity contribution in [3.63, 3.8) is 0 Å². The summed E-state index contributed by atoms with van der Waals surface area (Å²) < 4.78 is 54.5. The number of nitro benzene ring substituents is 1. The van der Waals surface area contributed by atoms with Gasteiger partial charge in [0.15, 0.2) is 0 Å². The fourth-order valence-electron chi connectivity index (χ4n) is 4.01. The van der Waals surface area contributed by atoms with Crippen molar-refractivity contribution in [2.45, 2.75) is 24.9 Å². The Morgan fingerprint density at radius 2 is 1.77 bits per heavy atom. The minimum absolute atomic E-state index is 0.0590. The van der Waals surface area contributed by atoms with Crippen LogP contribution < -0.4 is 14.1 Å². The Balaban J connectivity index is 1.42. The Hall–Kier alpha value is -3.84. The summed E-state index contributed by atoms with van der Waals surface area (Å²) >= 11 is 0. The summed E-state index contributed by atoms with van der Waals surface area (Å²) in [5.74, 6) is 0.169. The van der Waals surface area contributed by atoms with Gasteiger partial charge in [0, 0.05) is 48.9 Å². The number of nitro groups is 1. The van der Waals surface area contributed by atoms with Crippen LogP contribution in [0.5, 0.6) is 5.75 Å². The number of nitrogens with one attached hydrogen (secondary N) is 1. The first-order valence-corrected chi connectivity index (χ1v) is 15.5. The molecule has 4 aromatic rings. The van der Waals surface area contributed by atoms with Crippen LogP contribution in [0.4, 0.5) is 11.4 Å². The molecule has 1 unspecified atom stereocenters. The Labute approximate surface area is 231 Å². The van der Waals surface area contributed by atoms with Crippen LogP contribution in [0, 0.1) is 10.1 Å². The summed E-state index contributed by atoms with van der Waals surface area (Å²) in [5, 5.41) is 20.3. The lowest BCUT2D eigenvalue weighted by Crippen LogP contribution is -2.23. The number of anilines is 1. The summed E-state index contributed by atoms with van der Waals surface area (Å²) in [6.45, 7) is 1.80. The molecule has 4 rings (SSSR count). The number of hydrogen-bond acceptors (Lipinski definition) is 10. The molecule has 0 saturated carbocycles. The molecule has 0 spiro atoms. The van der Waals surface area contributed by atoms with E-state index in [0.29, 0.717) is 11.1 Å². The van der Waals surface area contributed by atoms with Gasteiger partial charge in [0.2, 0.25) is 10.0 Å². The number of hydrogen-bond donors (Lipinski definition) is 1. The summed E-state index contributed by atoms with van der Waals surface area (Å²) in [5.41, 5.74) is 1.14. The average Bonchev–Trinajstić information content (AvgIpc) is 3.38. The van der Waals surface area contributed by atoms with Crippen molar-refractivity contribution in [3.8, 4) is 5.75 Å². The molecule has 0 aliphatic heterocycles. The molecule has 0 bridgehead atoms. The highest BCUT2D eigenvalue weighted by molar-refractivity contribution is 7.89. The molecule has 1 N–H and O–H groups in total. The maximum atomic E-state index is 13.2. The van der Waals surface area contributed by atoms with Gasteiger partial charge in [0.05, 0.1) is 41.4 Å². The van der Waals surface area contributed by atoms with Crippen LogP contribution in [-0.2, 0) is 32.2 Å². The van der Waals surface area contributed by atoms with Gasteiger partial charge in [0.1, 0.15) is 5.75 Å². The molecule has 1 heterocycles. The van der Waals surface area contributed by atoms with E-state index in [0.717, 1.165) is 11.1 Å². The van der Waals surface area contributed by atoms with Gasteiger partial charge in [-0.15, -0.1) is 5.10 Å². The molecule has 15 heteroatoms. The predicted octanol–water partition coefficient (Wildman–Crippen LogP) is 4.19. The highest BCUT2D eigenvalue weighted by Gasteiger charge is 2.26. The van der Waals surface area contributed by atoms with Crippen LogP contribution in [-0.4, -0.2) is 55.2 Å². The molecule has 0 aliphatic rings. The molecule has 13 nitrogen and oxygen atoms in total. The second-order valence-corrected chi connectivity index (χ2v) is 12.8. The van der Waals surface area contributed by atoms with Crippen LogP contribution in [0.2, 0.25) is 0 Å². The smallest absolute Gasteiger partial charge is 0.381 e. The van der Waals surface area contributed by atoms with E-state index in [1.165, 1.54) is 35.1 Å². The monoisotopic (exact) mass is 588 g/mol. The highest BCUT2D eigenvalue weighted by atomic mass is 32.2. The van der Waals surface area contributed by atoms with Crippen molar-refractivity contribution < 1.29 is 27.0 Å². The standard InChI is InChI=1S/C25H29N6O7PS/c1-4-37-39(34,38-21-13-11-20(12-14-21)31(32)33)16-15-30-18-19(27-28-30)17-26-40(35,36)25-10-6-7-22-23(25)8-5-9-24(22)29(2)3/h5-14,18,26H,4,15-17H2,1-3H3. The largest absolute Gasteiger partial charge is 0.424 e. The molecule has 1 atom stereocenters. The van der Waals surface area contributed by atoms with E-state index in [2.05, 4.69) is 15.0 Å². The maximum Gasteiger partial charge on any atom is 0.381 e. The first-order chi connectivity index (χ1) is 19.0. The molecule has 0 fully saturated rings. The van der Waals surface area contributed by atoms with Crippen molar-refractivity contribution in [3.05, 3.63) is 82.7 Å². The fourth-order valence-corrected chi connectivity index (χ4v) is 6.79. The Morgan fingerprint density at radius 1 is 1.07 bits per heavy atom. The van der Waals surface area contributed by atoms with Gasteiger partial charge in [-0.2, -0.15) is 0 Å². The molecule has 212 valence electrons. The summed E-state index contributed by atoms with van der Waals surface area (Å²) in [6, 6.07) is 15.8. The van der Waals surface area contributed by atoms with Gasteiger partial charge in [-0.3, -0.25) is 14.8 Å². The lowest BCUT2D eigenvalue weighted by molar-refractivity contribution is -0.384. The van der Waals surface area contributed by atoms with E-state index in [-0.39, 0.29) is 42.2 Å². The minimum atomic E-state index is -3.88. The van der Waals surface area contributed by atoms with Gasteiger partial charge in [-0.25, -0.2) is 17.7 Å². The first-order valence-electron chi connectivity index (χ1n) is 12.3. The predicted molar refractivity (Wildman–Crippen MR) is 150 cm³/mol. The van der Waals surface area contributed by atoms with Crippen LogP contribution in [0.3, 0.4) is 0 Å². The summed E-state index contributed by atoms with van der Waals surface area (Å²) in [7, 11) is -3.71. The first kappa shape index (κ1) is 29.2. The summed E-state index contributed by atoms with van der Waals surface area (Å²) in [4.78, 5) is 12.4. The molecular formula is C25H29N6O7PS. The third-order valence-corrected chi connectivity index (χ3v) is 9.23. The normalized spacial score (nSPS) is 13.2. The number of aryl methyl sites for hydroxylation is 1. The molecule has 0 amide bonds. The third kappa shape index (κ3) is 6.83. The zero-order valence-corrected chi connectivity index (χ0v) is 23.8.